The molecular weight excluding hydrogens is 232 g/mol. The molecule has 1 rings (SSSR count). The van der Waals surface area contributed by atoms with Crippen molar-refractivity contribution in [3.63, 3.8) is 0 Å². The van der Waals surface area contributed by atoms with Crippen molar-refractivity contribution in [1.29, 1.82) is 0 Å². The summed E-state index contributed by atoms with van der Waals surface area (Å²) < 4.78 is 0. The Kier molecular flexibility index (Phi) is 6.32. The minimum Gasteiger partial charge on any atom is -0.313 e. The molecule has 0 aromatic carbocycles. The van der Waals surface area contributed by atoms with Gasteiger partial charge in [0.05, 0.1) is 0 Å². The highest BCUT2D eigenvalue weighted by Crippen LogP contribution is 2.38. The zero-order valence-electron chi connectivity index (χ0n) is 14.3. The molecule has 2 atom stereocenters. The summed E-state index contributed by atoms with van der Waals surface area (Å²) in [7, 11) is 0. The van der Waals surface area contributed by atoms with Gasteiger partial charge in [-0.25, -0.2) is 0 Å². The van der Waals surface area contributed by atoms with Crippen LogP contribution in [0.3, 0.4) is 0 Å². The van der Waals surface area contributed by atoms with Gasteiger partial charge >= 0.3 is 0 Å². The Morgan fingerprint density at radius 3 is 2.16 bits per heavy atom. The van der Waals surface area contributed by atoms with E-state index in [1.165, 1.54) is 25.8 Å². The molecule has 0 amide bonds. The Bertz CT molecular complexity index is 250. The molecule has 0 aliphatic heterocycles. The van der Waals surface area contributed by atoms with Gasteiger partial charge < -0.3 is 5.32 Å². The first kappa shape index (κ1) is 17.0. The highest BCUT2D eigenvalue weighted by Gasteiger charge is 2.31. The van der Waals surface area contributed by atoms with Gasteiger partial charge in [-0.15, -0.1) is 0 Å². The van der Waals surface area contributed by atoms with Crippen LogP contribution in [0, 0.1) is 11.3 Å². The predicted molar refractivity (Wildman–Crippen MR) is 85.6 cm³/mol. The van der Waals surface area contributed by atoms with Crippen molar-refractivity contribution in [2.45, 2.75) is 85.9 Å². The molecule has 2 nitrogen and oxygen atoms in total. The van der Waals surface area contributed by atoms with Crippen molar-refractivity contribution >= 4 is 0 Å². The summed E-state index contributed by atoms with van der Waals surface area (Å²) in [6, 6.07) is 2.01. The summed E-state index contributed by atoms with van der Waals surface area (Å²) in [6.45, 7) is 18.7. The Morgan fingerprint density at radius 2 is 1.68 bits per heavy atom. The van der Waals surface area contributed by atoms with Crippen molar-refractivity contribution in [2.24, 2.45) is 11.3 Å². The molecule has 0 saturated heterocycles. The summed E-state index contributed by atoms with van der Waals surface area (Å²) in [4.78, 5) is 2.57. The molecule has 0 aromatic rings. The Hall–Kier alpha value is -0.0800. The molecule has 114 valence electrons. The summed E-state index contributed by atoms with van der Waals surface area (Å²) in [6.07, 6.45) is 4.07. The maximum atomic E-state index is 3.81. The van der Waals surface area contributed by atoms with Crippen LogP contribution in [-0.4, -0.2) is 36.1 Å². The van der Waals surface area contributed by atoms with Crippen LogP contribution in [0.2, 0.25) is 0 Å². The van der Waals surface area contributed by atoms with Crippen LogP contribution in [0.25, 0.3) is 0 Å². The molecule has 1 saturated carbocycles. The monoisotopic (exact) mass is 268 g/mol. The standard InChI is InChI=1S/C17H36N2/c1-13(2)19(14(3)4)9-8-18-16-10-15(5)11-17(6,7)12-16/h13-16,18H,8-12H2,1-7H3. The topological polar surface area (TPSA) is 15.3 Å². The van der Waals surface area contributed by atoms with E-state index in [0.717, 1.165) is 18.5 Å². The number of rotatable bonds is 6. The van der Waals surface area contributed by atoms with Crippen molar-refractivity contribution < 1.29 is 0 Å². The van der Waals surface area contributed by atoms with Crippen LogP contribution >= 0.6 is 0 Å². The predicted octanol–water partition coefficient (Wildman–Crippen LogP) is 3.91. The lowest BCUT2D eigenvalue weighted by Crippen LogP contribution is -2.46. The second-order valence-corrected chi connectivity index (χ2v) is 7.99. The fourth-order valence-electron chi connectivity index (χ4n) is 4.01. The Morgan fingerprint density at radius 1 is 1.11 bits per heavy atom. The first-order valence-corrected chi connectivity index (χ1v) is 8.20. The van der Waals surface area contributed by atoms with E-state index >= 15 is 0 Å². The van der Waals surface area contributed by atoms with E-state index in [2.05, 4.69) is 58.7 Å². The van der Waals surface area contributed by atoms with E-state index in [9.17, 15) is 0 Å². The lowest BCUT2D eigenvalue weighted by Gasteiger charge is -2.40. The molecule has 2 heteroatoms. The third kappa shape index (κ3) is 5.83. The number of nitrogens with one attached hydrogen (secondary N) is 1. The van der Waals surface area contributed by atoms with Crippen molar-refractivity contribution in [3.05, 3.63) is 0 Å². The molecular formula is C17H36N2. The fourth-order valence-corrected chi connectivity index (χ4v) is 4.01. The largest absolute Gasteiger partial charge is 0.313 e. The van der Waals surface area contributed by atoms with Gasteiger partial charge in [0.2, 0.25) is 0 Å². The maximum Gasteiger partial charge on any atom is 0.0112 e. The van der Waals surface area contributed by atoms with Gasteiger partial charge in [-0.05, 0) is 58.3 Å². The fraction of sp³-hybridized carbons (Fsp3) is 1.00. The minimum absolute atomic E-state index is 0.519. The molecule has 1 aliphatic carbocycles. The van der Waals surface area contributed by atoms with Gasteiger partial charge in [0, 0.05) is 31.2 Å². The highest BCUT2D eigenvalue weighted by molar-refractivity contribution is 4.86. The second-order valence-electron chi connectivity index (χ2n) is 7.99. The van der Waals surface area contributed by atoms with Crippen LogP contribution in [0.15, 0.2) is 0 Å². The molecule has 0 radical (unpaired) electrons. The SMILES string of the molecule is CC1CC(NCCN(C(C)C)C(C)C)CC(C)(C)C1. The molecule has 0 bridgehead atoms. The molecule has 0 spiro atoms. The minimum atomic E-state index is 0.519. The lowest BCUT2D eigenvalue weighted by molar-refractivity contribution is 0.138. The van der Waals surface area contributed by atoms with E-state index in [4.69, 9.17) is 0 Å². The van der Waals surface area contributed by atoms with Crippen molar-refractivity contribution in [3.8, 4) is 0 Å². The smallest absolute Gasteiger partial charge is 0.0112 e. The summed E-state index contributed by atoms with van der Waals surface area (Å²) in [5.41, 5.74) is 0.519. The molecule has 1 N–H and O–H groups in total. The molecule has 0 aromatic heterocycles. The first-order valence-electron chi connectivity index (χ1n) is 8.20. The normalized spacial score (nSPS) is 27.5. The highest BCUT2D eigenvalue weighted by atomic mass is 15.2. The van der Waals surface area contributed by atoms with Crippen LogP contribution < -0.4 is 5.32 Å². The quantitative estimate of drug-likeness (QED) is 0.786. The van der Waals surface area contributed by atoms with E-state index in [1.54, 1.807) is 0 Å². The lowest BCUT2D eigenvalue weighted by atomic mass is 9.70. The van der Waals surface area contributed by atoms with E-state index in [0.29, 0.717) is 17.5 Å². The third-order valence-corrected chi connectivity index (χ3v) is 4.52. The van der Waals surface area contributed by atoms with E-state index in [1.807, 2.05) is 0 Å². The zero-order chi connectivity index (χ0) is 14.6. The zero-order valence-corrected chi connectivity index (χ0v) is 14.3. The van der Waals surface area contributed by atoms with Gasteiger partial charge in [-0.1, -0.05) is 20.8 Å². The number of hydrogen-bond acceptors (Lipinski definition) is 2. The molecule has 19 heavy (non-hydrogen) atoms. The number of hydrogen-bond donors (Lipinski definition) is 1. The summed E-state index contributed by atoms with van der Waals surface area (Å²) in [5, 5.41) is 3.81. The van der Waals surface area contributed by atoms with Crippen LogP contribution in [0.4, 0.5) is 0 Å². The van der Waals surface area contributed by atoms with Gasteiger partial charge in [0.25, 0.3) is 0 Å². The van der Waals surface area contributed by atoms with Crippen LogP contribution in [0.5, 0.6) is 0 Å². The molecule has 2 unspecified atom stereocenters. The van der Waals surface area contributed by atoms with Crippen LogP contribution in [-0.2, 0) is 0 Å². The first-order chi connectivity index (χ1) is 8.71. The molecule has 1 aliphatic rings. The molecule has 1 fully saturated rings. The summed E-state index contributed by atoms with van der Waals surface area (Å²) in [5.74, 6) is 0.868. The van der Waals surface area contributed by atoms with E-state index < -0.39 is 0 Å². The summed E-state index contributed by atoms with van der Waals surface area (Å²) >= 11 is 0. The van der Waals surface area contributed by atoms with E-state index in [-0.39, 0.29) is 0 Å². The average Bonchev–Trinajstić information content (AvgIpc) is 2.20. The van der Waals surface area contributed by atoms with Crippen molar-refractivity contribution in [2.75, 3.05) is 13.1 Å². The van der Waals surface area contributed by atoms with Gasteiger partial charge in [-0.2, -0.15) is 0 Å². The maximum absolute atomic E-state index is 3.81. The Labute approximate surface area is 121 Å². The number of nitrogens with zero attached hydrogens (tertiary/aromatic N) is 1. The van der Waals surface area contributed by atoms with Gasteiger partial charge in [-0.3, -0.25) is 4.90 Å². The third-order valence-electron chi connectivity index (χ3n) is 4.52. The van der Waals surface area contributed by atoms with Crippen LogP contribution in [0.1, 0.15) is 67.7 Å². The van der Waals surface area contributed by atoms with Gasteiger partial charge in [0.1, 0.15) is 0 Å². The molecule has 0 heterocycles. The Balaban J connectivity index is 2.36. The second kappa shape index (κ2) is 7.08. The van der Waals surface area contributed by atoms with Crippen molar-refractivity contribution in [1.82, 2.24) is 10.2 Å². The van der Waals surface area contributed by atoms with Gasteiger partial charge in [0.15, 0.2) is 0 Å². The average molecular weight is 268 g/mol.